The molecule has 1 aliphatic rings. The van der Waals surface area contributed by atoms with Crippen molar-refractivity contribution in [3.05, 3.63) is 51.7 Å². The lowest BCUT2D eigenvalue weighted by Crippen LogP contribution is -2.35. The van der Waals surface area contributed by atoms with Crippen molar-refractivity contribution in [2.45, 2.75) is 26.2 Å². The summed E-state index contributed by atoms with van der Waals surface area (Å²) >= 11 is 1.47. The number of carbonyl (C=O) groups is 2. The molecule has 1 aliphatic heterocycles. The van der Waals surface area contributed by atoms with Crippen LogP contribution in [0, 0.1) is 6.92 Å². The third kappa shape index (κ3) is 3.79. The second-order valence-corrected chi connectivity index (χ2v) is 7.08. The molecular weight excluding hydrogens is 308 g/mol. The molecule has 0 spiro atoms. The van der Waals surface area contributed by atoms with Crippen molar-refractivity contribution in [2.24, 2.45) is 0 Å². The first-order valence-electron chi connectivity index (χ1n) is 7.90. The lowest BCUT2D eigenvalue weighted by Gasteiger charge is -2.26. The third-order valence-electron chi connectivity index (χ3n) is 4.00. The maximum absolute atomic E-state index is 12.4. The zero-order valence-corrected chi connectivity index (χ0v) is 14.0. The number of aryl methyl sites for hydroxylation is 1. The predicted molar refractivity (Wildman–Crippen MR) is 93.2 cm³/mol. The number of thiophene rings is 1. The number of likely N-dealkylation sites (tertiary alicyclic amines) is 1. The number of anilines is 1. The van der Waals surface area contributed by atoms with Crippen molar-refractivity contribution < 1.29 is 9.59 Å². The molecular formula is C18H20N2O2S. The molecule has 2 aromatic rings. The van der Waals surface area contributed by atoms with E-state index in [2.05, 4.69) is 5.32 Å². The highest BCUT2D eigenvalue weighted by atomic mass is 32.1. The highest BCUT2D eigenvalue weighted by Crippen LogP contribution is 2.19. The summed E-state index contributed by atoms with van der Waals surface area (Å²) in [5.74, 6) is -0.0327. The molecule has 120 valence electrons. The van der Waals surface area contributed by atoms with Gasteiger partial charge in [-0.3, -0.25) is 9.59 Å². The summed E-state index contributed by atoms with van der Waals surface area (Å²) in [6.45, 7) is 3.66. The summed E-state index contributed by atoms with van der Waals surface area (Å²) in [7, 11) is 0. The average molecular weight is 328 g/mol. The molecule has 1 fully saturated rings. The maximum atomic E-state index is 12.4. The number of piperidine rings is 1. The van der Waals surface area contributed by atoms with Gasteiger partial charge in [0.2, 0.25) is 0 Å². The fraction of sp³-hybridized carbons (Fsp3) is 0.333. The molecule has 4 nitrogen and oxygen atoms in total. The Morgan fingerprint density at radius 2 is 1.70 bits per heavy atom. The van der Waals surface area contributed by atoms with Gasteiger partial charge in [0, 0.05) is 29.2 Å². The number of nitrogens with zero attached hydrogens (tertiary/aromatic N) is 1. The van der Waals surface area contributed by atoms with E-state index in [0.717, 1.165) is 30.8 Å². The van der Waals surface area contributed by atoms with Crippen LogP contribution >= 0.6 is 11.3 Å². The average Bonchev–Trinajstić information content (AvgIpc) is 3.02. The van der Waals surface area contributed by atoms with Gasteiger partial charge in [-0.1, -0.05) is 0 Å². The Hall–Kier alpha value is -2.14. The second kappa shape index (κ2) is 6.96. The van der Waals surface area contributed by atoms with E-state index in [1.165, 1.54) is 17.8 Å². The fourth-order valence-electron chi connectivity index (χ4n) is 2.72. The molecule has 2 amide bonds. The molecule has 0 atom stereocenters. The van der Waals surface area contributed by atoms with Crippen LogP contribution < -0.4 is 5.32 Å². The molecule has 2 heterocycles. The highest BCUT2D eigenvalue weighted by Gasteiger charge is 2.18. The molecule has 23 heavy (non-hydrogen) atoms. The number of benzene rings is 1. The number of amides is 2. The lowest BCUT2D eigenvalue weighted by molar-refractivity contribution is 0.0724. The number of rotatable bonds is 3. The van der Waals surface area contributed by atoms with E-state index in [9.17, 15) is 9.59 Å². The van der Waals surface area contributed by atoms with Gasteiger partial charge in [-0.05, 0) is 62.6 Å². The van der Waals surface area contributed by atoms with Crippen LogP contribution in [0.4, 0.5) is 5.69 Å². The first kappa shape index (κ1) is 15.7. The Balaban J connectivity index is 1.64. The highest BCUT2D eigenvalue weighted by molar-refractivity contribution is 7.14. The van der Waals surface area contributed by atoms with Crippen LogP contribution in [-0.2, 0) is 0 Å². The molecule has 1 N–H and O–H groups in total. The Morgan fingerprint density at radius 3 is 2.30 bits per heavy atom. The van der Waals surface area contributed by atoms with Crippen LogP contribution in [-0.4, -0.2) is 29.8 Å². The van der Waals surface area contributed by atoms with Crippen LogP contribution in [0.3, 0.4) is 0 Å². The molecule has 0 bridgehead atoms. The summed E-state index contributed by atoms with van der Waals surface area (Å²) in [6, 6.07) is 10.9. The van der Waals surface area contributed by atoms with Gasteiger partial charge in [0.15, 0.2) is 0 Å². The van der Waals surface area contributed by atoms with Crippen molar-refractivity contribution in [3.63, 3.8) is 0 Å². The minimum Gasteiger partial charge on any atom is -0.339 e. The number of hydrogen-bond donors (Lipinski definition) is 1. The van der Waals surface area contributed by atoms with Crippen molar-refractivity contribution in [1.82, 2.24) is 4.90 Å². The molecule has 0 saturated carbocycles. The van der Waals surface area contributed by atoms with Gasteiger partial charge in [0.25, 0.3) is 11.8 Å². The van der Waals surface area contributed by atoms with Gasteiger partial charge in [-0.25, -0.2) is 0 Å². The van der Waals surface area contributed by atoms with Gasteiger partial charge in [-0.15, -0.1) is 11.3 Å². The molecule has 1 aromatic heterocycles. The van der Waals surface area contributed by atoms with E-state index < -0.39 is 0 Å². The zero-order chi connectivity index (χ0) is 16.2. The van der Waals surface area contributed by atoms with Gasteiger partial charge in [-0.2, -0.15) is 0 Å². The van der Waals surface area contributed by atoms with E-state index in [1.54, 1.807) is 24.3 Å². The molecule has 0 aliphatic carbocycles. The lowest BCUT2D eigenvalue weighted by atomic mass is 10.1. The molecule has 1 aromatic carbocycles. The Bertz CT molecular complexity index is 700. The van der Waals surface area contributed by atoms with E-state index in [1.807, 2.05) is 24.0 Å². The monoisotopic (exact) mass is 328 g/mol. The molecule has 5 heteroatoms. The SMILES string of the molecule is Cc1ccc(C(=O)Nc2ccc(C(=O)N3CCCCC3)cc2)s1. The third-order valence-corrected chi connectivity index (χ3v) is 5.00. The standard InChI is InChI=1S/C18H20N2O2S/c1-13-5-10-16(23-13)17(21)19-15-8-6-14(7-9-15)18(22)20-11-3-2-4-12-20/h5-10H,2-4,11-12H2,1H3,(H,19,21). The summed E-state index contributed by atoms with van der Waals surface area (Å²) in [5.41, 5.74) is 1.38. The molecule has 0 unspecified atom stereocenters. The van der Waals surface area contributed by atoms with E-state index >= 15 is 0 Å². The summed E-state index contributed by atoms with van der Waals surface area (Å²) < 4.78 is 0. The maximum Gasteiger partial charge on any atom is 0.265 e. The van der Waals surface area contributed by atoms with Gasteiger partial charge in [0.1, 0.15) is 0 Å². The van der Waals surface area contributed by atoms with Crippen LogP contribution in [0.5, 0.6) is 0 Å². The van der Waals surface area contributed by atoms with Crippen molar-refractivity contribution in [2.75, 3.05) is 18.4 Å². The zero-order valence-electron chi connectivity index (χ0n) is 13.2. The predicted octanol–water partition coefficient (Wildman–Crippen LogP) is 3.93. The number of nitrogens with one attached hydrogen (secondary N) is 1. The van der Waals surface area contributed by atoms with Crippen molar-refractivity contribution >= 4 is 28.8 Å². The fourth-order valence-corrected chi connectivity index (χ4v) is 3.49. The first-order valence-corrected chi connectivity index (χ1v) is 8.72. The van der Waals surface area contributed by atoms with Gasteiger partial charge >= 0.3 is 0 Å². The smallest absolute Gasteiger partial charge is 0.265 e. The van der Waals surface area contributed by atoms with E-state index in [-0.39, 0.29) is 11.8 Å². The Kier molecular flexibility index (Phi) is 4.76. The van der Waals surface area contributed by atoms with Crippen molar-refractivity contribution in [1.29, 1.82) is 0 Å². The minimum atomic E-state index is -0.113. The summed E-state index contributed by atoms with van der Waals surface area (Å²) in [6.07, 6.45) is 3.37. The van der Waals surface area contributed by atoms with Crippen LogP contribution in [0.25, 0.3) is 0 Å². The first-order chi connectivity index (χ1) is 11.1. The Labute approximate surface area is 140 Å². The Morgan fingerprint density at radius 1 is 1.00 bits per heavy atom. The van der Waals surface area contributed by atoms with E-state index in [4.69, 9.17) is 0 Å². The topological polar surface area (TPSA) is 49.4 Å². The van der Waals surface area contributed by atoms with Crippen molar-refractivity contribution in [3.8, 4) is 0 Å². The molecule has 1 saturated heterocycles. The normalized spacial score (nSPS) is 14.6. The van der Waals surface area contributed by atoms with Crippen LogP contribution in [0.2, 0.25) is 0 Å². The van der Waals surface area contributed by atoms with Crippen LogP contribution in [0.15, 0.2) is 36.4 Å². The van der Waals surface area contributed by atoms with E-state index in [0.29, 0.717) is 16.1 Å². The molecule has 0 radical (unpaired) electrons. The summed E-state index contributed by atoms with van der Waals surface area (Å²) in [5, 5.41) is 2.86. The second-order valence-electron chi connectivity index (χ2n) is 5.79. The number of hydrogen-bond acceptors (Lipinski definition) is 3. The molecule has 3 rings (SSSR count). The van der Waals surface area contributed by atoms with Crippen LogP contribution in [0.1, 0.15) is 44.2 Å². The largest absolute Gasteiger partial charge is 0.339 e. The summed E-state index contributed by atoms with van der Waals surface area (Å²) in [4.78, 5) is 28.2. The minimum absolute atomic E-state index is 0.0801. The van der Waals surface area contributed by atoms with Gasteiger partial charge < -0.3 is 10.2 Å². The number of carbonyl (C=O) groups excluding carboxylic acids is 2. The quantitative estimate of drug-likeness (QED) is 0.928. The van der Waals surface area contributed by atoms with Gasteiger partial charge in [0.05, 0.1) is 4.88 Å².